The second-order valence-corrected chi connectivity index (χ2v) is 9.95. The van der Waals surface area contributed by atoms with E-state index in [-0.39, 0.29) is 48.9 Å². The quantitative estimate of drug-likeness (QED) is 0.551. The molecule has 10 nitrogen and oxygen atoms in total. The Labute approximate surface area is 225 Å². The molecule has 0 aliphatic carbocycles. The molecule has 1 aromatic carbocycles. The van der Waals surface area contributed by atoms with Gasteiger partial charge in [0, 0.05) is 45.5 Å². The first-order valence-electron chi connectivity index (χ1n) is 12.7. The number of hydrogen-bond donors (Lipinski definition) is 2. The molecule has 3 amide bonds. The minimum atomic E-state index is -4.28. The number of rotatable bonds is 5. The van der Waals surface area contributed by atoms with Gasteiger partial charge in [-0.2, -0.15) is 13.2 Å². The van der Waals surface area contributed by atoms with Crippen molar-refractivity contribution in [2.24, 2.45) is 5.92 Å². The molecule has 3 rings (SSSR count). The molecule has 2 N–H and O–H groups in total. The zero-order chi connectivity index (χ0) is 28.9. The van der Waals surface area contributed by atoms with E-state index in [9.17, 15) is 22.8 Å². The number of urea groups is 1. The maximum Gasteiger partial charge on any atom is 0.390 e. The highest BCUT2D eigenvalue weighted by atomic mass is 19.4. The number of nitrogens with one attached hydrogen (secondary N) is 2. The van der Waals surface area contributed by atoms with Crippen LogP contribution >= 0.6 is 0 Å². The standard InChI is InChI=1S/C26H36F3N5O5/c1-15-12-34(10-9-26(27,28)29)16(2)14-38-21-8-7-19(11-20(21)24(35)33(5)13-22(15)37-6)30-25(36)31-23-17(3)32-39-18(23)4/h7-8,11,15-16,22H,9-10,12-14H2,1-6H3,(H2,30,31,36)/t15-,16-,22-/m1/s1. The molecule has 216 valence electrons. The zero-order valence-corrected chi connectivity index (χ0v) is 23.0. The van der Waals surface area contributed by atoms with Crippen LogP contribution in [0.1, 0.15) is 42.1 Å². The highest BCUT2D eigenvalue weighted by Crippen LogP contribution is 2.28. The minimum absolute atomic E-state index is 0.0610. The van der Waals surface area contributed by atoms with Crippen LogP contribution in [0.5, 0.6) is 5.75 Å². The van der Waals surface area contributed by atoms with Crippen LogP contribution in [0, 0.1) is 19.8 Å². The van der Waals surface area contributed by atoms with Gasteiger partial charge in [-0.1, -0.05) is 12.1 Å². The van der Waals surface area contributed by atoms with Crippen molar-refractivity contribution in [3.05, 3.63) is 35.2 Å². The summed E-state index contributed by atoms with van der Waals surface area (Å²) in [5.74, 6) is 0.191. The normalized spacial score (nSPS) is 21.4. The van der Waals surface area contributed by atoms with Gasteiger partial charge in [0.25, 0.3) is 5.91 Å². The summed E-state index contributed by atoms with van der Waals surface area (Å²) in [5, 5.41) is 9.18. The van der Waals surface area contributed by atoms with Gasteiger partial charge in [-0.3, -0.25) is 9.69 Å². The molecule has 1 aliphatic heterocycles. The lowest BCUT2D eigenvalue weighted by molar-refractivity contribution is -0.140. The van der Waals surface area contributed by atoms with E-state index in [0.29, 0.717) is 29.4 Å². The van der Waals surface area contributed by atoms with Gasteiger partial charge in [0.1, 0.15) is 23.7 Å². The molecule has 0 fully saturated rings. The number of alkyl halides is 3. The number of amides is 3. The van der Waals surface area contributed by atoms with Crippen LogP contribution in [-0.2, 0) is 4.74 Å². The Kier molecular flexibility index (Phi) is 9.83. The van der Waals surface area contributed by atoms with Crippen molar-refractivity contribution in [3.63, 3.8) is 0 Å². The van der Waals surface area contributed by atoms with E-state index in [4.69, 9.17) is 14.0 Å². The van der Waals surface area contributed by atoms with E-state index >= 15 is 0 Å². The molecule has 39 heavy (non-hydrogen) atoms. The van der Waals surface area contributed by atoms with Gasteiger partial charge in [0.05, 0.1) is 18.1 Å². The molecule has 1 aromatic heterocycles. The first-order chi connectivity index (χ1) is 18.3. The number of carbonyl (C=O) groups excluding carboxylic acids is 2. The Morgan fingerprint density at radius 3 is 2.54 bits per heavy atom. The van der Waals surface area contributed by atoms with Gasteiger partial charge in [-0.05, 0) is 44.9 Å². The fourth-order valence-electron chi connectivity index (χ4n) is 4.45. The average Bonchev–Trinajstić information content (AvgIpc) is 3.18. The molecule has 1 aliphatic rings. The zero-order valence-electron chi connectivity index (χ0n) is 23.0. The molecule has 0 saturated carbocycles. The number of nitrogens with zero attached hydrogens (tertiary/aromatic N) is 3. The van der Waals surface area contributed by atoms with Crippen LogP contribution in [0.15, 0.2) is 22.7 Å². The Hall–Kier alpha value is -3.32. The van der Waals surface area contributed by atoms with Gasteiger partial charge in [-0.25, -0.2) is 4.79 Å². The Balaban J connectivity index is 1.87. The summed E-state index contributed by atoms with van der Waals surface area (Å²) in [6.45, 7) is 7.48. The van der Waals surface area contributed by atoms with Crippen molar-refractivity contribution >= 4 is 23.3 Å². The molecule has 2 heterocycles. The fraction of sp³-hybridized carbons (Fsp3) is 0.577. The first-order valence-corrected chi connectivity index (χ1v) is 12.7. The predicted molar refractivity (Wildman–Crippen MR) is 139 cm³/mol. The van der Waals surface area contributed by atoms with Crippen LogP contribution in [0.2, 0.25) is 0 Å². The smallest absolute Gasteiger partial charge is 0.390 e. The second-order valence-electron chi connectivity index (χ2n) is 9.95. The van der Waals surface area contributed by atoms with Gasteiger partial charge in [0.15, 0.2) is 5.76 Å². The maximum atomic E-state index is 13.5. The number of halogens is 3. The van der Waals surface area contributed by atoms with E-state index in [1.165, 1.54) is 18.1 Å². The molecule has 0 saturated heterocycles. The van der Waals surface area contributed by atoms with Crippen molar-refractivity contribution in [1.29, 1.82) is 0 Å². The van der Waals surface area contributed by atoms with Crippen molar-refractivity contribution in [2.45, 2.75) is 52.4 Å². The molecule has 3 atom stereocenters. The molecule has 13 heteroatoms. The lowest BCUT2D eigenvalue weighted by Crippen LogP contribution is -2.47. The third-order valence-corrected chi connectivity index (χ3v) is 6.79. The van der Waals surface area contributed by atoms with E-state index < -0.39 is 24.7 Å². The van der Waals surface area contributed by atoms with Crippen LogP contribution in [-0.4, -0.2) is 85.6 Å². The lowest BCUT2D eigenvalue weighted by atomic mass is 10.0. The first kappa shape index (κ1) is 30.2. The summed E-state index contributed by atoms with van der Waals surface area (Å²) < 4.78 is 55.7. The van der Waals surface area contributed by atoms with Crippen LogP contribution in [0.3, 0.4) is 0 Å². The molecule has 0 radical (unpaired) electrons. The van der Waals surface area contributed by atoms with Crippen LogP contribution in [0.25, 0.3) is 0 Å². The third kappa shape index (κ3) is 8.09. The van der Waals surface area contributed by atoms with Crippen LogP contribution in [0.4, 0.5) is 29.3 Å². The maximum absolute atomic E-state index is 13.5. The average molecular weight is 556 g/mol. The Morgan fingerprint density at radius 1 is 1.21 bits per heavy atom. The van der Waals surface area contributed by atoms with Crippen LogP contribution < -0.4 is 15.4 Å². The van der Waals surface area contributed by atoms with Gasteiger partial charge in [0.2, 0.25) is 0 Å². The van der Waals surface area contributed by atoms with Crippen molar-refractivity contribution in [1.82, 2.24) is 15.0 Å². The molecular formula is C26H36F3N5O5. The third-order valence-electron chi connectivity index (χ3n) is 6.79. The molecular weight excluding hydrogens is 519 g/mol. The number of aromatic nitrogens is 1. The van der Waals surface area contributed by atoms with E-state index in [1.54, 1.807) is 44.9 Å². The Bertz CT molecular complexity index is 1140. The number of hydrogen-bond acceptors (Lipinski definition) is 7. The van der Waals surface area contributed by atoms with E-state index in [2.05, 4.69) is 15.8 Å². The number of anilines is 2. The van der Waals surface area contributed by atoms with E-state index in [0.717, 1.165) is 0 Å². The summed E-state index contributed by atoms with van der Waals surface area (Å²) in [7, 11) is 3.14. The number of benzene rings is 1. The number of carbonyl (C=O) groups is 2. The molecule has 0 bridgehead atoms. The molecule has 0 spiro atoms. The summed E-state index contributed by atoms with van der Waals surface area (Å²) in [6.07, 6.45) is -5.64. The number of methoxy groups -OCH3 is 1. The molecule has 0 unspecified atom stereocenters. The van der Waals surface area contributed by atoms with Crippen molar-refractivity contribution in [3.8, 4) is 5.75 Å². The van der Waals surface area contributed by atoms with Crippen molar-refractivity contribution in [2.75, 3.05) is 51.0 Å². The summed E-state index contributed by atoms with van der Waals surface area (Å²) in [5.41, 5.74) is 1.50. The number of likely N-dealkylation sites (N-methyl/N-ethyl adjacent to an activating group) is 1. The summed E-state index contributed by atoms with van der Waals surface area (Å²) >= 11 is 0. The van der Waals surface area contributed by atoms with Gasteiger partial charge < -0.3 is 29.5 Å². The number of ether oxygens (including phenoxy) is 2. The van der Waals surface area contributed by atoms with Gasteiger partial charge >= 0.3 is 12.2 Å². The second kappa shape index (κ2) is 12.7. The summed E-state index contributed by atoms with van der Waals surface area (Å²) in [4.78, 5) is 29.3. The SMILES string of the molecule is CO[C@@H]1CN(C)C(=O)c2cc(NC(=O)Nc3c(C)noc3C)ccc2OC[C@@H](C)N(CCC(F)(F)F)C[C@H]1C. The largest absolute Gasteiger partial charge is 0.491 e. The summed E-state index contributed by atoms with van der Waals surface area (Å²) in [6, 6.07) is 3.72. The molecule has 2 aromatic rings. The predicted octanol–water partition coefficient (Wildman–Crippen LogP) is 4.69. The van der Waals surface area contributed by atoms with E-state index in [1.807, 2.05) is 6.92 Å². The number of fused-ring (bicyclic) bond motifs is 1. The number of aryl methyl sites for hydroxylation is 2. The highest BCUT2D eigenvalue weighted by Gasteiger charge is 2.32. The monoisotopic (exact) mass is 555 g/mol. The fourth-order valence-corrected chi connectivity index (χ4v) is 4.45. The topological polar surface area (TPSA) is 109 Å². The Morgan fingerprint density at radius 2 is 1.92 bits per heavy atom. The minimum Gasteiger partial charge on any atom is -0.491 e. The van der Waals surface area contributed by atoms with Crippen molar-refractivity contribution < 1.29 is 36.8 Å². The van der Waals surface area contributed by atoms with Gasteiger partial charge in [-0.15, -0.1) is 0 Å². The highest BCUT2D eigenvalue weighted by molar-refractivity contribution is 6.02. The lowest BCUT2D eigenvalue weighted by Gasteiger charge is -2.36.